The van der Waals surface area contributed by atoms with Crippen molar-refractivity contribution in [2.24, 2.45) is 0 Å². The van der Waals surface area contributed by atoms with Crippen LogP contribution in [0.3, 0.4) is 0 Å². The van der Waals surface area contributed by atoms with Crippen molar-refractivity contribution >= 4 is 39.7 Å². The molecule has 4 N–H and O–H groups in total. The normalized spacial score (nSPS) is 21.3. The van der Waals surface area contributed by atoms with Gasteiger partial charge in [-0.15, -0.1) is 0 Å². The first kappa shape index (κ1) is 32.4. The molecule has 1 saturated heterocycles. The lowest BCUT2D eigenvalue weighted by atomic mass is 10.0. The van der Waals surface area contributed by atoms with Crippen LogP contribution in [0, 0.1) is 0 Å². The van der Waals surface area contributed by atoms with Gasteiger partial charge in [0.25, 0.3) is 5.56 Å². The second-order valence-corrected chi connectivity index (χ2v) is 24.7. The van der Waals surface area contributed by atoms with Gasteiger partial charge >= 0.3 is 6.09 Å². The molecule has 1 amide bonds. The van der Waals surface area contributed by atoms with E-state index < -0.39 is 34.4 Å². The number of hydrogen-bond donors (Lipinski definition) is 3. The van der Waals surface area contributed by atoms with E-state index in [0.717, 1.165) is 0 Å². The number of rotatable bonds is 6. The van der Waals surface area contributed by atoms with Gasteiger partial charge in [-0.25, -0.2) is 9.78 Å². The van der Waals surface area contributed by atoms with E-state index >= 15 is 0 Å². The minimum Gasteiger partial charge on any atom is -0.444 e. The van der Waals surface area contributed by atoms with Gasteiger partial charge < -0.3 is 24.3 Å². The van der Waals surface area contributed by atoms with Crippen LogP contribution in [0.1, 0.15) is 80.3 Å². The van der Waals surface area contributed by atoms with Crippen LogP contribution in [-0.2, 0) is 13.6 Å². The van der Waals surface area contributed by atoms with E-state index in [0.29, 0.717) is 29.6 Å². The van der Waals surface area contributed by atoms with Gasteiger partial charge in [0.2, 0.25) is 5.95 Å². The van der Waals surface area contributed by atoms with E-state index in [1.807, 2.05) is 20.8 Å². The van der Waals surface area contributed by atoms with E-state index in [1.54, 1.807) is 11.1 Å². The number of ether oxygens (including phenoxy) is 1. The first-order valence-corrected chi connectivity index (χ1v) is 20.0. The summed E-state index contributed by atoms with van der Waals surface area (Å²) in [5, 5.41) is -0.0395. The molecule has 0 bridgehead atoms. The van der Waals surface area contributed by atoms with E-state index in [-0.39, 0.29) is 33.7 Å². The minimum atomic E-state index is -2.28. The number of carbonyl (C=O) groups excluding carboxylic acids is 1. The Morgan fingerprint density at radius 3 is 2.15 bits per heavy atom. The van der Waals surface area contributed by atoms with Gasteiger partial charge in [0.05, 0.1) is 24.8 Å². The third-order valence-corrected chi connectivity index (χ3v) is 17.8. The Morgan fingerprint density at radius 2 is 1.62 bits per heavy atom. The molecule has 1 aliphatic rings. The molecule has 10 nitrogen and oxygen atoms in total. The molecule has 3 atom stereocenters. The Hall–Kier alpha value is -2.16. The van der Waals surface area contributed by atoms with Crippen molar-refractivity contribution in [2.75, 3.05) is 12.3 Å². The topological polar surface area (TPSA) is 136 Å². The zero-order valence-corrected chi connectivity index (χ0v) is 28.7. The second kappa shape index (κ2) is 10.6. The third-order valence-electron chi connectivity index (χ3n) is 8.75. The van der Waals surface area contributed by atoms with Gasteiger partial charge in [0.1, 0.15) is 16.6 Å². The van der Waals surface area contributed by atoms with E-state index in [4.69, 9.17) is 19.3 Å². The van der Waals surface area contributed by atoms with Crippen LogP contribution in [0.15, 0.2) is 11.0 Å². The van der Waals surface area contributed by atoms with E-state index in [2.05, 4.69) is 82.7 Å². The van der Waals surface area contributed by atoms with Crippen molar-refractivity contribution in [1.82, 2.24) is 19.9 Å². The molecule has 2 aromatic rings. The number of carbonyl (C=O) groups is 1. The van der Waals surface area contributed by atoms with Gasteiger partial charge in [-0.1, -0.05) is 41.5 Å². The molecule has 1 fully saturated rings. The molecule has 0 saturated carbocycles. The van der Waals surface area contributed by atoms with Crippen molar-refractivity contribution in [3.63, 3.8) is 0 Å². The van der Waals surface area contributed by atoms with Gasteiger partial charge in [-0.3, -0.25) is 14.7 Å². The maximum absolute atomic E-state index is 14.0. The van der Waals surface area contributed by atoms with Crippen molar-refractivity contribution in [2.45, 2.75) is 129 Å². The fourth-order valence-corrected chi connectivity index (χ4v) is 6.84. The molecule has 0 aliphatic carbocycles. The second-order valence-electron chi connectivity index (χ2n) is 15.1. The molecule has 0 radical (unpaired) electrons. The fraction of sp³-hybridized carbons (Fsp3) is 0.750. The highest BCUT2D eigenvalue weighted by atomic mass is 28.4. The summed E-state index contributed by atoms with van der Waals surface area (Å²) in [6, 6.07) is -0.854. The highest BCUT2D eigenvalue weighted by Crippen LogP contribution is 2.47. The van der Waals surface area contributed by atoms with Crippen molar-refractivity contribution in [3.8, 4) is 0 Å². The Morgan fingerprint density at radius 1 is 1.05 bits per heavy atom. The number of aromatic amines is 2. The lowest BCUT2D eigenvalue weighted by Crippen LogP contribution is -2.48. The zero-order chi connectivity index (χ0) is 30.6. The number of fused-ring (bicyclic) bond motifs is 1. The lowest BCUT2D eigenvalue weighted by molar-refractivity contribution is 0.00486. The number of anilines is 1. The average molecular weight is 594 g/mol. The zero-order valence-electron chi connectivity index (χ0n) is 26.7. The van der Waals surface area contributed by atoms with Crippen LogP contribution in [0.2, 0.25) is 36.3 Å². The largest absolute Gasteiger partial charge is 0.444 e. The number of amides is 1. The molecule has 0 spiro atoms. The summed E-state index contributed by atoms with van der Waals surface area (Å²) in [6.45, 7) is 27.9. The number of likely N-dealkylation sites (tertiary alicyclic amines) is 1. The number of nitrogen functional groups attached to an aromatic ring is 1. The summed E-state index contributed by atoms with van der Waals surface area (Å²) in [5.74, 6) is 0.0137. The SMILES string of the molecule is CC(C)(C)OC(=O)N1[C@H](CO[Si](C)(C)C(C)(C)C)C[C@@H](O[Si](C)(C)C(C)(C)C)[C@@H]1c1c[nH]c2c(=O)[nH]c(N)nc12. The summed E-state index contributed by atoms with van der Waals surface area (Å²) in [4.78, 5) is 38.5. The molecular formula is C28H51N5O5Si2. The first-order chi connectivity index (χ1) is 18.0. The quantitative estimate of drug-likeness (QED) is 0.335. The molecule has 1 aliphatic heterocycles. The highest BCUT2D eigenvalue weighted by Gasteiger charge is 2.52. The molecule has 12 heteroatoms. The summed E-state index contributed by atoms with van der Waals surface area (Å²) in [5.41, 5.74) is 6.30. The average Bonchev–Trinajstić information content (AvgIpc) is 3.30. The van der Waals surface area contributed by atoms with E-state index in [1.165, 1.54) is 0 Å². The van der Waals surface area contributed by atoms with Gasteiger partial charge in [0.15, 0.2) is 16.6 Å². The van der Waals surface area contributed by atoms with Crippen molar-refractivity contribution in [3.05, 3.63) is 22.1 Å². The molecule has 0 aromatic carbocycles. The predicted molar refractivity (Wildman–Crippen MR) is 166 cm³/mol. The summed E-state index contributed by atoms with van der Waals surface area (Å²) in [7, 11) is -4.40. The standard InChI is InChI=1S/C28H51N5O5Si2/c1-26(2,3)37-25(35)33-17(16-36-39(10,11)27(4,5)6)14-19(38-40(12,13)28(7,8)9)22(33)18-15-30-21-20(18)31-24(29)32-23(21)34/h15,17,19,22,30H,14,16H2,1-13H3,(H3,29,31,32,34)/t17-,19+,22-/m0/s1. The number of nitrogens with zero attached hydrogens (tertiary/aromatic N) is 2. The maximum atomic E-state index is 14.0. The first-order valence-electron chi connectivity index (χ1n) is 14.1. The maximum Gasteiger partial charge on any atom is 0.411 e. The molecule has 3 heterocycles. The van der Waals surface area contributed by atoms with Crippen LogP contribution in [0.25, 0.3) is 11.0 Å². The molecule has 0 unspecified atom stereocenters. The van der Waals surface area contributed by atoms with Gasteiger partial charge in [-0.05, 0) is 63.5 Å². The Kier molecular flexibility index (Phi) is 8.57. The number of H-pyrrole nitrogens is 2. The summed E-state index contributed by atoms with van der Waals surface area (Å²) >= 11 is 0. The smallest absolute Gasteiger partial charge is 0.411 e. The number of aromatic nitrogens is 3. The van der Waals surface area contributed by atoms with Gasteiger partial charge in [0, 0.05) is 11.8 Å². The molecule has 2 aromatic heterocycles. The van der Waals surface area contributed by atoms with Crippen molar-refractivity contribution in [1.29, 1.82) is 0 Å². The molecule has 226 valence electrons. The Balaban J connectivity index is 2.18. The fourth-order valence-electron chi connectivity index (χ4n) is 4.46. The van der Waals surface area contributed by atoms with Crippen LogP contribution in [-0.4, -0.2) is 66.9 Å². The Labute approximate surface area is 241 Å². The monoisotopic (exact) mass is 593 g/mol. The molecular weight excluding hydrogens is 543 g/mol. The van der Waals surface area contributed by atoms with Crippen LogP contribution < -0.4 is 11.3 Å². The number of nitrogens with two attached hydrogens (primary N) is 1. The summed E-state index contributed by atoms with van der Waals surface area (Å²) in [6.07, 6.45) is 1.50. The molecule has 40 heavy (non-hydrogen) atoms. The highest BCUT2D eigenvalue weighted by molar-refractivity contribution is 6.74. The lowest BCUT2D eigenvalue weighted by Gasteiger charge is -2.40. The Bertz CT molecular complexity index is 1280. The third kappa shape index (κ3) is 6.66. The summed E-state index contributed by atoms with van der Waals surface area (Å²) < 4.78 is 19.7. The van der Waals surface area contributed by atoms with Crippen LogP contribution >= 0.6 is 0 Å². The van der Waals surface area contributed by atoms with Crippen LogP contribution in [0.5, 0.6) is 0 Å². The van der Waals surface area contributed by atoms with Crippen LogP contribution in [0.4, 0.5) is 10.7 Å². The van der Waals surface area contributed by atoms with Gasteiger partial charge in [-0.2, -0.15) is 0 Å². The molecule has 3 rings (SSSR count). The van der Waals surface area contributed by atoms with E-state index in [9.17, 15) is 9.59 Å². The number of hydrogen-bond acceptors (Lipinski definition) is 7. The predicted octanol–water partition coefficient (Wildman–Crippen LogP) is 6.30. The number of nitrogens with one attached hydrogen (secondary N) is 2. The minimum absolute atomic E-state index is 0.0120. The van der Waals surface area contributed by atoms with Crippen molar-refractivity contribution < 1.29 is 18.4 Å².